The van der Waals surface area contributed by atoms with Gasteiger partial charge in [0.05, 0.1) is 14.9 Å². The van der Waals surface area contributed by atoms with Crippen LogP contribution in [0.25, 0.3) is 0 Å². The minimum Gasteiger partial charge on any atom is -0.359 e. The number of halogens is 1. The number of hydrogen-bond donors (Lipinski definition) is 0. The number of aromatic nitrogens is 1. The standard InChI is InChI=1S/C5H6INO2S/c1-4-2-5(9-7-4)3-8-10-6/h2H,3H2,1H3. The predicted octanol–water partition coefficient (Wildman–Crippen LogP) is 2.50. The molecule has 0 saturated carbocycles. The summed E-state index contributed by atoms with van der Waals surface area (Å²) >= 11 is 2.05. The summed E-state index contributed by atoms with van der Waals surface area (Å²) in [5.41, 5.74) is 0.886. The molecular weight excluding hydrogens is 265 g/mol. The van der Waals surface area contributed by atoms with Crippen LogP contribution in [0.3, 0.4) is 0 Å². The predicted molar refractivity (Wildman–Crippen MR) is 47.6 cm³/mol. The average molecular weight is 271 g/mol. The quantitative estimate of drug-likeness (QED) is 0.625. The Balaban J connectivity index is 2.42. The van der Waals surface area contributed by atoms with Crippen molar-refractivity contribution in [3.63, 3.8) is 0 Å². The second-order valence-corrected chi connectivity index (χ2v) is 3.20. The Hall–Kier alpha value is 0.250. The Labute approximate surface area is 75.3 Å². The summed E-state index contributed by atoms with van der Waals surface area (Å²) in [7, 11) is 1.29. The van der Waals surface area contributed by atoms with Crippen molar-refractivity contribution in [3.05, 3.63) is 17.5 Å². The van der Waals surface area contributed by atoms with Crippen LogP contribution in [0.2, 0.25) is 0 Å². The Kier molecular flexibility index (Phi) is 3.50. The van der Waals surface area contributed by atoms with E-state index in [1.807, 2.05) is 13.0 Å². The molecule has 0 bridgehead atoms. The fourth-order valence-corrected chi connectivity index (χ4v) is 1.11. The molecule has 0 amide bonds. The van der Waals surface area contributed by atoms with E-state index in [1.54, 1.807) is 0 Å². The van der Waals surface area contributed by atoms with Crippen LogP contribution in [0.1, 0.15) is 11.5 Å². The van der Waals surface area contributed by atoms with Crippen LogP contribution in [-0.2, 0) is 10.8 Å². The van der Waals surface area contributed by atoms with Crippen LogP contribution in [0.15, 0.2) is 10.6 Å². The Morgan fingerprint density at radius 2 is 2.70 bits per heavy atom. The molecule has 0 aliphatic carbocycles. The van der Waals surface area contributed by atoms with Crippen molar-refractivity contribution in [1.29, 1.82) is 0 Å². The zero-order valence-electron chi connectivity index (χ0n) is 5.33. The molecule has 0 fully saturated rings. The first-order chi connectivity index (χ1) is 4.83. The minimum atomic E-state index is 0.481. The summed E-state index contributed by atoms with van der Waals surface area (Å²) in [5, 5.41) is 3.70. The van der Waals surface area contributed by atoms with Gasteiger partial charge < -0.3 is 4.52 Å². The fourth-order valence-electron chi connectivity index (χ4n) is 0.565. The third-order valence-corrected chi connectivity index (χ3v) is 1.89. The molecule has 0 aliphatic heterocycles. The van der Waals surface area contributed by atoms with Gasteiger partial charge in [-0.3, -0.25) is 4.18 Å². The molecule has 1 aromatic rings. The molecule has 0 unspecified atom stereocenters. The lowest BCUT2D eigenvalue weighted by atomic mass is 10.4. The first-order valence-electron chi connectivity index (χ1n) is 2.65. The minimum absolute atomic E-state index is 0.481. The summed E-state index contributed by atoms with van der Waals surface area (Å²) in [6.07, 6.45) is 0. The zero-order chi connectivity index (χ0) is 7.40. The van der Waals surface area contributed by atoms with Gasteiger partial charge in [-0.25, -0.2) is 0 Å². The topological polar surface area (TPSA) is 35.3 Å². The molecule has 0 spiro atoms. The second kappa shape index (κ2) is 4.20. The van der Waals surface area contributed by atoms with Crippen molar-refractivity contribution in [2.24, 2.45) is 0 Å². The summed E-state index contributed by atoms with van der Waals surface area (Å²) < 4.78 is 9.88. The summed E-state index contributed by atoms with van der Waals surface area (Å²) in [5.74, 6) is 0.765. The molecule has 5 heteroatoms. The van der Waals surface area contributed by atoms with Crippen molar-refractivity contribution in [2.45, 2.75) is 13.5 Å². The Bertz CT molecular complexity index is 203. The molecule has 0 aromatic carbocycles. The number of rotatable bonds is 3. The SMILES string of the molecule is Cc1cc(COSI)on1. The number of nitrogens with zero attached hydrogens (tertiary/aromatic N) is 1. The number of aryl methyl sites for hydroxylation is 1. The van der Waals surface area contributed by atoms with E-state index in [4.69, 9.17) is 8.71 Å². The van der Waals surface area contributed by atoms with Crippen LogP contribution in [0, 0.1) is 6.92 Å². The highest BCUT2D eigenvalue weighted by Gasteiger charge is 1.98. The Morgan fingerprint density at radius 1 is 1.90 bits per heavy atom. The molecule has 0 aliphatic rings. The van der Waals surface area contributed by atoms with E-state index in [1.165, 1.54) is 9.21 Å². The van der Waals surface area contributed by atoms with Gasteiger partial charge in [0.1, 0.15) is 6.61 Å². The zero-order valence-corrected chi connectivity index (χ0v) is 8.31. The van der Waals surface area contributed by atoms with Crippen LogP contribution >= 0.6 is 30.4 Å². The maximum atomic E-state index is 5.00. The van der Waals surface area contributed by atoms with E-state index in [-0.39, 0.29) is 0 Å². The molecule has 10 heavy (non-hydrogen) atoms. The lowest BCUT2D eigenvalue weighted by Gasteiger charge is -1.89. The van der Waals surface area contributed by atoms with Crippen molar-refractivity contribution >= 4 is 30.4 Å². The molecular formula is C5H6INO2S. The molecule has 56 valence electrons. The maximum Gasteiger partial charge on any atom is 0.163 e. The largest absolute Gasteiger partial charge is 0.359 e. The van der Waals surface area contributed by atoms with E-state index in [2.05, 4.69) is 26.4 Å². The van der Waals surface area contributed by atoms with Gasteiger partial charge in [0.15, 0.2) is 5.76 Å². The van der Waals surface area contributed by atoms with Gasteiger partial charge in [0.25, 0.3) is 0 Å². The highest BCUT2D eigenvalue weighted by atomic mass is 127. The van der Waals surface area contributed by atoms with E-state index in [0.29, 0.717) is 6.61 Å². The molecule has 0 radical (unpaired) electrons. The third kappa shape index (κ3) is 2.47. The average Bonchev–Trinajstić information content (AvgIpc) is 2.31. The maximum absolute atomic E-state index is 5.00. The molecule has 1 rings (SSSR count). The first-order valence-corrected chi connectivity index (χ1v) is 5.94. The molecule has 1 aromatic heterocycles. The number of hydrogen-bond acceptors (Lipinski definition) is 4. The van der Waals surface area contributed by atoms with Gasteiger partial charge >= 0.3 is 0 Å². The van der Waals surface area contributed by atoms with Gasteiger partial charge in [-0.15, -0.1) is 0 Å². The smallest absolute Gasteiger partial charge is 0.163 e. The molecule has 1 heterocycles. The third-order valence-electron chi connectivity index (χ3n) is 0.922. The van der Waals surface area contributed by atoms with Crippen molar-refractivity contribution in [1.82, 2.24) is 5.16 Å². The lowest BCUT2D eigenvalue weighted by molar-refractivity contribution is 0.284. The van der Waals surface area contributed by atoms with Crippen LogP contribution in [0.4, 0.5) is 0 Å². The van der Waals surface area contributed by atoms with Crippen molar-refractivity contribution in [2.75, 3.05) is 0 Å². The summed E-state index contributed by atoms with van der Waals surface area (Å²) in [6, 6.07) is 1.85. The van der Waals surface area contributed by atoms with Crippen LogP contribution in [-0.4, -0.2) is 5.16 Å². The fraction of sp³-hybridized carbons (Fsp3) is 0.400. The van der Waals surface area contributed by atoms with Crippen LogP contribution in [0.5, 0.6) is 0 Å². The summed E-state index contributed by atoms with van der Waals surface area (Å²) in [4.78, 5) is 0. The lowest BCUT2D eigenvalue weighted by Crippen LogP contribution is -1.78. The monoisotopic (exact) mass is 271 g/mol. The van der Waals surface area contributed by atoms with Gasteiger partial charge in [0.2, 0.25) is 0 Å². The van der Waals surface area contributed by atoms with Crippen LogP contribution < -0.4 is 0 Å². The molecule has 3 nitrogen and oxygen atoms in total. The molecule has 0 N–H and O–H groups in total. The highest BCUT2D eigenvalue weighted by Crippen LogP contribution is 2.15. The van der Waals surface area contributed by atoms with E-state index >= 15 is 0 Å². The first kappa shape index (κ1) is 8.35. The van der Waals surface area contributed by atoms with E-state index in [9.17, 15) is 0 Å². The summed E-state index contributed by atoms with van der Waals surface area (Å²) in [6.45, 7) is 2.36. The second-order valence-electron chi connectivity index (χ2n) is 1.76. The highest BCUT2D eigenvalue weighted by molar-refractivity contribution is 14.2. The van der Waals surface area contributed by atoms with Crippen molar-refractivity contribution < 1.29 is 8.71 Å². The van der Waals surface area contributed by atoms with Gasteiger partial charge in [-0.2, -0.15) is 0 Å². The van der Waals surface area contributed by atoms with Gasteiger partial charge in [-0.05, 0) is 6.92 Å². The molecule has 0 atom stereocenters. The van der Waals surface area contributed by atoms with Gasteiger partial charge in [0, 0.05) is 27.3 Å². The van der Waals surface area contributed by atoms with E-state index < -0.39 is 0 Å². The normalized spacial score (nSPS) is 10.2. The van der Waals surface area contributed by atoms with Gasteiger partial charge in [-0.1, -0.05) is 5.16 Å². The molecule has 0 saturated heterocycles. The Morgan fingerprint density at radius 3 is 3.20 bits per heavy atom. The van der Waals surface area contributed by atoms with E-state index in [0.717, 1.165) is 11.5 Å². The van der Waals surface area contributed by atoms with Crippen molar-refractivity contribution in [3.8, 4) is 0 Å².